The number of ether oxygens (including phenoxy) is 1. The number of hydrogen-bond donors (Lipinski definition) is 2. The number of likely N-dealkylation sites (N-methyl/N-ethyl adjacent to an activating group) is 1. The van der Waals surface area contributed by atoms with Gasteiger partial charge in [-0.2, -0.15) is 0 Å². The van der Waals surface area contributed by atoms with Crippen molar-refractivity contribution >= 4 is 33.2 Å². The molecule has 0 fully saturated rings. The molecule has 3 rings (SSSR count). The van der Waals surface area contributed by atoms with Crippen molar-refractivity contribution in [3.8, 4) is 5.75 Å². The summed E-state index contributed by atoms with van der Waals surface area (Å²) in [5, 5.41) is 10.2. The van der Waals surface area contributed by atoms with Crippen LogP contribution >= 0.6 is 11.6 Å². The Hall–Kier alpha value is -2.33. The summed E-state index contributed by atoms with van der Waals surface area (Å²) in [5.41, 5.74) is 0.410. The average Bonchev–Trinajstić information content (AvgIpc) is 2.76. The predicted octanol–water partition coefficient (Wildman–Crippen LogP) is 2.92. The highest BCUT2D eigenvalue weighted by Gasteiger charge is 2.34. The van der Waals surface area contributed by atoms with E-state index in [2.05, 4.69) is 4.72 Å². The van der Waals surface area contributed by atoms with Crippen LogP contribution in [-0.4, -0.2) is 75.2 Å². The monoisotopic (exact) mass is 495 g/mol. The van der Waals surface area contributed by atoms with Crippen LogP contribution in [0.5, 0.6) is 5.75 Å². The molecule has 8 nitrogen and oxygen atoms in total. The van der Waals surface area contributed by atoms with Gasteiger partial charge in [0.15, 0.2) is 5.75 Å². The summed E-state index contributed by atoms with van der Waals surface area (Å²) >= 11 is 5.89. The van der Waals surface area contributed by atoms with Gasteiger partial charge in [-0.3, -0.25) is 9.52 Å². The van der Waals surface area contributed by atoms with Crippen molar-refractivity contribution in [3.05, 3.63) is 53.1 Å². The van der Waals surface area contributed by atoms with Crippen molar-refractivity contribution in [2.45, 2.75) is 30.9 Å². The molecule has 0 saturated carbocycles. The van der Waals surface area contributed by atoms with Gasteiger partial charge in [0.1, 0.15) is 6.10 Å². The number of nitrogens with one attached hydrogen (secondary N) is 1. The molecular formula is C23H30ClN3O5S. The zero-order chi connectivity index (χ0) is 24.3. The maximum absolute atomic E-state index is 13.4. The minimum Gasteiger partial charge on any atom is -0.486 e. The van der Waals surface area contributed by atoms with Crippen LogP contribution in [0.3, 0.4) is 0 Å². The van der Waals surface area contributed by atoms with E-state index in [1.807, 2.05) is 25.9 Å². The van der Waals surface area contributed by atoms with Gasteiger partial charge in [0.05, 0.1) is 28.8 Å². The fraction of sp³-hybridized carbons (Fsp3) is 0.435. The number of fused-ring (bicyclic) bond motifs is 1. The molecule has 0 unspecified atom stereocenters. The number of carbonyl (C=O) groups is 1. The molecule has 0 aliphatic carbocycles. The van der Waals surface area contributed by atoms with E-state index >= 15 is 0 Å². The summed E-state index contributed by atoms with van der Waals surface area (Å²) in [4.78, 5) is 17.1. The van der Waals surface area contributed by atoms with Crippen molar-refractivity contribution in [2.24, 2.45) is 5.92 Å². The molecular weight excluding hydrogens is 466 g/mol. The standard InChI is InChI=1S/C23H30ClN3O5S/c1-15-12-27(16(2)14-28)23(29)19-6-5-7-20(22(19)32-21(15)13-26(3)4)25-33(30,31)18-10-8-17(24)9-11-18/h5-11,15-16,21,25,28H,12-14H2,1-4H3/t15-,16-,21+/m0/s1. The second kappa shape index (κ2) is 10.3. The summed E-state index contributed by atoms with van der Waals surface area (Å²) < 4.78 is 35.0. The Morgan fingerprint density at radius 1 is 1.24 bits per heavy atom. The first-order chi connectivity index (χ1) is 15.5. The van der Waals surface area contributed by atoms with Crippen molar-refractivity contribution < 1.29 is 23.1 Å². The Bertz CT molecular complexity index is 1090. The Kier molecular flexibility index (Phi) is 7.89. The molecule has 2 aromatic rings. The number of sulfonamides is 1. The van der Waals surface area contributed by atoms with Gasteiger partial charge in [-0.15, -0.1) is 0 Å². The zero-order valence-corrected chi connectivity index (χ0v) is 20.7. The number of aliphatic hydroxyl groups is 1. The van der Waals surface area contributed by atoms with Crippen molar-refractivity contribution in [2.75, 3.05) is 38.5 Å². The lowest BCUT2D eigenvalue weighted by Gasteiger charge is -2.38. The topological polar surface area (TPSA) is 99.2 Å². The largest absolute Gasteiger partial charge is 0.486 e. The molecule has 180 valence electrons. The van der Waals surface area contributed by atoms with Crippen LogP contribution < -0.4 is 9.46 Å². The second-order valence-corrected chi connectivity index (χ2v) is 10.7. The van der Waals surface area contributed by atoms with Crippen molar-refractivity contribution in [3.63, 3.8) is 0 Å². The fourth-order valence-electron chi connectivity index (χ4n) is 3.72. The molecule has 0 spiro atoms. The fourth-order valence-corrected chi connectivity index (χ4v) is 4.91. The first-order valence-corrected chi connectivity index (χ1v) is 12.5. The number of hydrogen-bond acceptors (Lipinski definition) is 6. The number of amides is 1. The number of benzene rings is 2. The van der Waals surface area contributed by atoms with Crippen LogP contribution in [0.1, 0.15) is 24.2 Å². The lowest BCUT2D eigenvalue weighted by Crippen LogP contribution is -2.49. The van der Waals surface area contributed by atoms with Crippen LogP contribution in [0, 0.1) is 5.92 Å². The number of aliphatic hydroxyl groups excluding tert-OH is 1. The Morgan fingerprint density at radius 2 is 1.91 bits per heavy atom. The van der Waals surface area contributed by atoms with Gasteiger partial charge in [-0.25, -0.2) is 8.42 Å². The predicted molar refractivity (Wildman–Crippen MR) is 128 cm³/mol. The van der Waals surface area contributed by atoms with Gasteiger partial charge < -0.3 is 19.6 Å². The number of nitrogens with zero attached hydrogens (tertiary/aromatic N) is 2. The summed E-state index contributed by atoms with van der Waals surface area (Å²) in [6, 6.07) is 10.2. The summed E-state index contributed by atoms with van der Waals surface area (Å²) in [6.45, 7) is 4.54. The van der Waals surface area contributed by atoms with E-state index in [4.69, 9.17) is 16.3 Å². The molecule has 0 saturated heterocycles. The van der Waals surface area contributed by atoms with Gasteiger partial charge >= 0.3 is 0 Å². The minimum atomic E-state index is -3.95. The van der Waals surface area contributed by atoms with Gasteiger partial charge in [-0.05, 0) is 57.4 Å². The smallest absolute Gasteiger partial charge is 0.262 e. The van der Waals surface area contributed by atoms with E-state index in [1.165, 1.54) is 24.3 Å². The Morgan fingerprint density at radius 3 is 2.52 bits per heavy atom. The molecule has 2 aromatic carbocycles. The highest BCUT2D eigenvalue weighted by molar-refractivity contribution is 7.92. The summed E-state index contributed by atoms with van der Waals surface area (Å²) in [6.07, 6.45) is -0.318. The van der Waals surface area contributed by atoms with E-state index in [0.717, 1.165) is 0 Å². The van der Waals surface area contributed by atoms with E-state index < -0.39 is 16.1 Å². The molecule has 0 bridgehead atoms. The average molecular weight is 496 g/mol. The van der Waals surface area contributed by atoms with Crippen LogP contribution in [0.4, 0.5) is 5.69 Å². The van der Waals surface area contributed by atoms with Gasteiger partial charge in [-0.1, -0.05) is 24.6 Å². The molecule has 1 aliphatic rings. The Balaban J connectivity index is 2.09. The molecule has 0 radical (unpaired) electrons. The molecule has 1 heterocycles. The third-order valence-corrected chi connectivity index (χ3v) is 7.24. The van der Waals surface area contributed by atoms with Crippen LogP contribution in [0.15, 0.2) is 47.4 Å². The zero-order valence-electron chi connectivity index (χ0n) is 19.2. The molecule has 2 N–H and O–H groups in total. The molecule has 3 atom stereocenters. The minimum absolute atomic E-state index is 0.0374. The maximum atomic E-state index is 13.4. The molecule has 33 heavy (non-hydrogen) atoms. The van der Waals surface area contributed by atoms with Crippen LogP contribution in [0.2, 0.25) is 5.02 Å². The lowest BCUT2D eigenvalue weighted by atomic mass is 9.99. The summed E-state index contributed by atoms with van der Waals surface area (Å²) in [5.74, 6) is -0.220. The van der Waals surface area contributed by atoms with E-state index in [-0.39, 0.29) is 46.4 Å². The molecule has 1 amide bonds. The number of para-hydroxylation sites is 1. The van der Waals surface area contributed by atoms with Gasteiger partial charge in [0.2, 0.25) is 0 Å². The van der Waals surface area contributed by atoms with Gasteiger partial charge in [0.25, 0.3) is 15.9 Å². The quantitative estimate of drug-likeness (QED) is 0.612. The van der Waals surface area contributed by atoms with E-state index in [9.17, 15) is 18.3 Å². The number of carbonyl (C=O) groups excluding carboxylic acids is 1. The van der Waals surface area contributed by atoms with Gasteiger partial charge in [0, 0.05) is 24.0 Å². The Labute approximate surface area is 200 Å². The highest BCUT2D eigenvalue weighted by atomic mass is 35.5. The highest BCUT2D eigenvalue weighted by Crippen LogP contribution is 2.36. The van der Waals surface area contributed by atoms with Crippen molar-refractivity contribution in [1.29, 1.82) is 0 Å². The molecule has 1 aliphatic heterocycles. The third kappa shape index (κ3) is 5.78. The van der Waals surface area contributed by atoms with Crippen LogP contribution in [0.25, 0.3) is 0 Å². The van der Waals surface area contributed by atoms with Crippen molar-refractivity contribution in [1.82, 2.24) is 9.80 Å². The lowest BCUT2D eigenvalue weighted by molar-refractivity contribution is 0.0366. The summed E-state index contributed by atoms with van der Waals surface area (Å²) in [7, 11) is -0.113. The second-order valence-electron chi connectivity index (χ2n) is 8.63. The molecule has 10 heteroatoms. The number of halogens is 1. The third-order valence-electron chi connectivity index (χ3n) is 5.60. The first kappa shape index (κ1) is 25.3. The maximum Gasteiger partial charge on any atom is 0.262 e. The molecule has 0 aromatic heterocycles. The van der Waals surface area contributed by atoms with Crippen LogP contribution in [-0.2, 0) is 10.0 Å². The first-order valence-electron chi connectivity index (χ1n) is 10.7. The van der Waals surface area contributed by atoms with E-state index in [0.29, 0.717) is 18.1 Å². The number of anilines is 1. The SMILES string of the molecule is C[C@H]1CN([C@@H](C)CO)C(=O)c2cccc(NS(=O)(=O)c3ccc(Cl)cc3)c2O[C@@H]1CN(C)C. The normalized spacial score (nSPS) is 20.0. The van der Waals surface area contributed by atoms with E-state index in [1.54, 1.807) is 30.0 Å². The number of rotatable bonds is 7.